The fourth-order valence-electron chi connectivity index (χ4n) is 3.85. The lowest BCUT2D eigenvalue weighted by Gasteiger charge is -2.29. The van der Waals surface area contributed by atoms with E-state index in [1.54, 1.807) is 24.4 Å². The highest BCUT2D eigenvalue weighted by Crippen LogP contribution is 2.25. The Morgan fingerprint density at radius 1 is 1.03 bits per heavy atom. The Balaban J connectivity index is 1.45. The first-order chi connectivity index (χ1) is 16.1. The zero-order valence-electron chi connectivity index (χ0n) is 17.6. The maximum absolute atomic E-state index is 13.3. The van der Waals surface area contributed by atoms with Crippen LogP contribution in [0.5, 0.6) is 0 Å². The summed E-state index contributed by atoms with van der Waals surface area (Å²) in [6.07, 6.45) is 3.00. The Labute approximate surface area is 191 Å². The van der Waals surface area contributed by atoms with E-state index in [0.717, 1.165) is 41.5 Å². The monoisotopic (exact) mass is 459 g/mol. The summed E-state index contributed by atoms with van der Waals surface area (Å²) in [5, 5.41) is 16.4. The second-order valence-corrected chi connectivity index (χ2v) is 9.39. The van der Waals surface area contributed by atoms with E-state index in [4.69, 9.17) is 0 Å². The fourth-order valence-corrected chi connectivity index (χ4v) is 5.30. The van der Waals surface area contributed by atoms with Crippen LogP contribution in [0.4, 0.5) is 17.3 Å². The molecule has 2 N–H and O–H groups in total. The molecule has 0 aliphatic carbocycles. The number of piperazine rings is 1. The molecule has 0 radical (unpaired) electrons. The van der Waals surface area contributed by atoms with Crippen molar-refractivity contribution in [3.05, 3.63) is 72.6 Å². The third-order valence-electron chi connectivity index (χ3n) is 5.54. The minimum absolute atomic E-state index is 0.0679. The van der Waals surface area contributed by atoms with E-state index in [2.05, 4.69) is 25.5 Å². The van der Waals surface area contributed by atoms with Crippen molar-refractivity contribution < 1.29 is 8.42 Å². The summed E-state index contributed by atoms with van der Waals surface area (Å²) in [7, 11) is -4.01. The van der Waals surface area contributed by atoms with Crippen LogP contribution in [0.3, 0.4) is 0 Å². The highest BCUT2D eigenvalue weighted by Gasteiger charge is 2.23. The Bertz CT molecular complexity index is 1450. The van der Waals surface area contributed by atoms with Crippen LogP contribution in [0, 0.1) is 11.3 Å². The Hall–Kier alpha value is -3.94. The van der Waals surface area contributed by atoms with Crippen molar-refractivity contribution in [2.24, 2.45) is 0 Å². The summed E-state index contributed by atoms with van der Waals surface area (Å²) in [5.41, 5.74) is 2.26. The van der Waals surface area contributed by atoms with Gasteiger partial charge in [0.2, 0.25) is 5.95 Å². The molecule has 1 aliphatic rings. The average Bonchev–Trinajstić information content (AvgIpc) is 3.29. The van der Waals surface area contributed by atoms with Gasteiger partial charge in [0, 0.05) is 55.3 Å². The van der Waals surface area contributed by atoms with Crippen molar-refractivity contribution in [2.45, 2.75) is 4.90 Å². The third kappa shape index (κ3) is 4.00. The van der Waals surface area contributed by atoms with Crippen LogP contribution in [0.2, 0.25) is 0 Å². The van der Waals surface area contributed by atoms with Crippen LogP contribution < -0.4 is 15.5 Å². The standard InChI is InChI=1S/C23H21N7O2S/c24-15-17-3-1-2-4-21(17)33(31,32)30-12-9-18-16-26-23(28-22(18)30)27-19-5-7-20(8-6-19)29-13-10-25-11-14-29/h1-9,12,16,25H,10-11,13-14H2,(H,26,27,28). The summed E-state index contributed by atoms with van der Waals surface area (Å²) >= 11 is 0. The topological polar surface area (TPSA) is 116 Å². The van der Waals surface area contributed by atoms with Crippen LogP contribution in [0.15, 0.2) is 71.9 Å². The molecule has 9 nitrogen and oxygen atoms in total. The molecule has 33 heavy (non-hydrogen) atoms. The Morgan fingerprint density at radius 3 is 2.55 bits per heavy atom. The first kappa shape index (κ1) is 20.9. The van der Waals surface area contributed by atoms with Crippen molar-refractivity contribution in [3.8, 4) is 6.07 Å². The summed E-state index contributed by atoms with van der Waals surface area (Å²) in [5.74, 6) is 0.279. The summed E-state index contributed by atoms with van der Waals surface area (Å²) < 4.78 is 27.6. The normalized spacial score (nSPS) is 14.2. The van der Waals surface area contributed by atoms with Gasteiger partial charge in [-0.1, -0.05) is 12.1 Å². The SMILES string of the molecule is N#Cc1ccccc1S(=O)(=O)n1ccc2cnc(Nc3ccc(N4CCNCC4)cc3)nc21. The molecule has 10 heteroatoms. The van der Waals surface area contributed by atoms with Gasteiger partial charge in [0.1, 0.15) is 11.0 Å². The second kappa shape index (κ2) is 8.54. The third-order valence-corrected chi connectivity index (χ3v) is 7.27. The molecule has 5 rings (SSSR count). The van der Waals surface area contributed by atoms with Crippen molar-refractivity contribution in [1.29, 1.82) is 5.26 Å². The number of rotatable bonds is 5. The van der Waals surface area contributed by atoms with E-state index in [1.807, 2.05) is 30.3 Å². The predicted octanol–water partition coefficient (Wildman–Crippen LogP) is 2.69. The number of nitriles is 1. The lowest BCUT2D eigenvalue weighted by atomic mass is 10.2. The molecule has 2 aromatic heterocycles. The summed E-state index contributed by atoms with van der Waals surface area (Å²) in [6.45, 7) is 3.87. The number of benzene rings is 2. The van der Waals surface area contributed by atoms with Crippen LogP contribution >= 0.6 is 0 Å². The summed E-state index contributed by atoms with van der Waals surface area (Å²) in [6, 6.07) is 17.7. The van der Waals surface area contributed by atoms with Gasteiger partial charge in [-0.05, 0) is 42.5 Å². The predicted molar refractivity (Wildman–Crippen MR) is 126 cm³/mol. The van der Waals surface area contributed by atoms with Gasteiger partial charge >= 0.3 is 0 Å². The molecule has 0 saturated carbocycles. The number of aromatic nitrogens is 3. The molecule has 1 fully saturated rings. The second-order valence-electron chi connectivity index (χ2n) is 7.61. The highest BCUT2D eigenvalue weighted by atomic mass is 32.2. The number of nitrogens with zero attached hydrogens (tertiary/aromatic N) is 5. The minimum Gasteiger partial charge on any atom is -0.369 e. The van der Waals surface area contributed by atoms with Crippen LogP contribution in [-0.4, -0.2) is 48.5 Å². The number of nitrogens with one attached hydrogen (secondary N) is 2. The average molecular weight is 460 g/mol. The first-order valence-electron chi connectivity index (χ1n) is 10.5. The quantitative estimate of drug-likeness (QED) is 0.468. The highest BCUT2D eigenvalue weighted by molar-refractivity contribution is 7.90. The van der Waals surface area contributed by atoms with Crippen LogP contribution in [0.1, 0.15) is 5.56 Å². The summed E-state index contributed by atoms with van der Waals surface area (Å²) in [4.78, 5) is 11.0. The van der Waals surface area contributed by atoms with E-state index in [0.29, 0.717) is 5.39 Å². The fraction of sp³-hybridized carbons (Fsp3) is 0.174. The molecule has 0 amide bonds. The van der Waals surface area contributed by atoms with E-state index >= 15 is 0 Å². The van der Waals surface area contributed by atoms with Crippen LogP contribution in [0.25, 0.3) is 11.0 Å². The zero-order chi connectivity index (χ0) is 22.8. The number of anilines is 3. The largest absolute Gasteiger partial charge is 0.369 e. The molecule has 4 aromatic rings. The van der Waals surface area contributed by atoms with E-state index in [1.165, 1.54) is 18.3 Å². The molecule has 3 heterocycles. The van der Waals surface area contributed by atoms with E-state index in [-0.39, 0.29) is 22.1 Å². The maximum atomic E-state index is 13.3. The van der Waals surface area contributed by atoms with Gasteiger partial charge in [-0.15, -0.1) is 0 Å². The van der Waals surface area contributed by atoms with E-state index in [9.17, 15) is 13.7 Å². The van der Waals surface area contributed by atoms with Gasteiger partial charge in [0.25, 0.3) is 10.0 Å². The zero-order valence-corrected chi connectivity index (χ0v) is 18.5. The number of hydrogen-bond acceptors (Lipinski definition) is 8. The van der Waals surface area contributed by atoms with E-state index < -0.39 is 10.0 Å². The van der Waals surface area contributed by atoms with Gasteiger partial charge in [-0.3, -0.25) is 0 Å². The molecule has 0 bridgehead atoms. The van der Waals surface area contributed by atoms with Gasteiger partial charge < -0.3 is 15.5 Å². The maximum Gasteiger partial charge on any atom is 0.270 e. The number of fused-ring (bicyclic) bond motifs is 1. The lowest BCUT2D eigenvalue weighted by Crippen LogP contribution is -2.43. The van der Waals surface area contributed by atoms with Crippen molar-refractivity contribution in [1.82, 2.24) is 19.3 Å². The number of hydrogen-bond donors (Lipinski definition) is 2. The molecular formula is C23H21N7O2S. The van der Waals surface area contributed by atoms with Crippen molar-refractivity contribution in [3.63, 3.8) is 0 Å². The van der Waals surface area contributed by atoms with Gasteiger partial charge in [0.15, 0.2) is 5.65 Å². The molecule has 2 aromatic carbocycles. The van der Waals surface area contributed by atoms with Gasteiger partial charge in [-0.2, -0.15) is 10.2 Å². The Morgan fingerprint density at radius 2 is 1.79 bits per heavy atom. The molecule has 166 valence electrons. The van der Waals surface area contributed by atoms with Crippen molar-refractivity contribution in [2.75, 3.05) is 36.4 Å². The molecule has 0 spiro atoms. The first-order valence-corrected chi connectivity index (χ1v) is 11.9. The molecule has 0 atom stereocenters. The molecule has 1 aliphatic heterocycles. The molecular weight excluding hydrogens is 438 g/mol. The molecule has 0 unspecified atom stereocenters. The van der Waals surface area contributed by atoms with Gasteiger partial charge in [-0.25, -0.2) is 17.4 Å². The lowest BCUT2D eigenvalue weighted by molar-refractivity contribution is 0.588. The minimum atomic E-state index is -4.01. The van der Waals surface area contributed by atoms with Crippen LogP contribution in [-0.2, 0) is 10.0 Å². The smallest absolute Gasteiger partial charge is 0.270 e. The van der Waals surface area contributed by atoms with Gasteiger partial charge in [0.05, 0.1) is 5.56 Å². The Kier molecular flexibility index (Phi) is 5.42. The van der Waals surface area contributed by atoms with Crippen molar-refractivity contribution >= 4 is 38.4 Å². The molecule has 1 saturated heterocycles.